The number of carbonyl (C=O) groups excluding carboxylic acids is 1. The summed E-state index contributed by atoms with van der Waals surface area (Å²) in [6.45, 7) is 8.52. The smallest absolute Gasteiger partial charge is 0.305 e. The van der Waals surface area contributed by atoms with Gasteiger partial charge in [-0.15, -0.1) is 0 Å². The van der Waals surface area contributed by atoms with Crippen LogP contribution >= 0.6 is 0 Å². The van der Waals surface area contributed by atoms with E-state index in [2.05, 4.69) is 25.7 Å². The molecule has 3 heterocycles. The van der Waals surface area contributed by atoms with Gasteiger partial charge in [-0.1, -0.05) is 20.8 Å². The minimum absolute atomic E-state index is 0.00741. The van der Waals surface area contributed by atoms with Gasteiger partial charge in [0.05, 0.1) is 18.8 Å². The van der Waals surface area contributed by atoms with E-state index in [1.165, 1.54) is 39.3 Å². The van der Waals surface area contributed by atoms with Gasteiger partial charge in [-0.3, -0.25) is 9.69 Å². The van der Waals surface area contributed by atoms with Gasteiger partial charge in [-0.25, -0.2) is 0 Å². The van der Waals surface area contributed by atoms with Gasteiger partial charge in [0.1, 0.15) is 0 Å². The Morgan fingerprint density at radius 1 is 1.22 bits per heavy atom. The first-order valence-electron chi connectivity index (χ1n) is 11.3. The molecule has 0 radical (unpaired) electrons. The van der Waals surface area contributed by atoms with E-state index in [0.29, 0.717) is 35.6 Å². The van der Waals surface area contributed by atoms with Crippen LogP contribution < -0.4 is 0 Å². The number of carbonyl (C=O) groups is 1. The molecule has 5 aliphatic rings. The van der Waals surface area contributed by atoms with Crippen LogP contribution in [-0.2, 0) is 9.53 Å². The third kappa shape index (κ3) is 1.91. The summed E-state index contributed by atoms with van der Waals surface area (Å²) in [4.78, 5) is 15.0. The third-order valence-corrected chi connectivity index (χ3v) is 10.4. The predicted octanol–water partition coefficient (Wildman–Crippen LogP) is 3.62. The topological polar surface area (TPSA) is 49.8 Å². The molecule has 1 N–H and O–H groups in total. The number of hydrogen-bond acceptors (Lipinski definition) is 4. The molecule has 1 unspecified atom stereocenters. The molecule has 0 aromatic heterocycles. The number of ether oxygens (including phenoxy) is 1. The van der Waals surface area contributed by atoms with Gasteiger partial charge >= 0.3 is 5.97 Å². The van der Waals surface area contributed by atoms with Crippen LogP contribution in [0.3, 0.4) is 0 Å². The summed E-state index contributed by atoms with van der Waals surface area (Å²) in [5, 5.41) is 11.3. The van der Waals surface area contributed by atoms with E-state index < -0.39 is 0 Å². The molecule has 0 aromatic carbocycles. The van der Waals surface area contributed by atoms with Gasteiger partial charge in [0.15, 0.2) is 0 Å². The number of fused-ring (bicyclic) bond motifs is 2. The van der Waals surface area contributed by atoms with Crippen LogP contribution in [0.25, 0.3) is 0 Å². The van der Waals surface area contributed by atoms with E-state index in [0.717, 1.165) is 25.2 Å². The fraction of sp³-hybridized carbons (Fsp3) is 0.957. The number of nitrogens with zero attached hydrogens (tertiary/aromatic N) is 1. The Balaban J connectivity index is 1.69. The molecule has 27 heavy (non-hydrogen) atoms. The molecule has 4 nitrogen and oxygen atoms in total. The maximum atomic E-state index is 12.2. The van der Waals surface area contributed by atoms with Crippen molar-refractivity contribution in [1.82, 2.24) is 4.90 Å². The molecule has 5 rings (SSSR count). The summed E-state index contributed by atoms with van der Waals surface area (Å²) < 4.78 is 5.07. The zero-order chi connectivity index (χ0) is 19.2. The van der Waals surface area contributed by atoms with Crippen molar-refractivity contribution in [1.29, 1.82) is 0 Å². The summed E-state index contributed by atoms with van der Waals surface area (Å²) in [6.07, 6.45) is 8.44. The molecule has 3 saturated heterocycles. The summed E-state index contributed by atoms with van der Waals surface area (Å²) in [7, 11) is 1.52. The lowest BCUT2D eigenvalue weighted by Crippen LogP contribution is -2.69. The minimum atomic E-state index is -0.181. The summed E-state index contributed by atoms with van der Waals surface area (Å²) in [5.74, 6) is 2.56. The number of hydrogen-bond donors (Lipinski definition) is 1. The molecule has 2 saturated carbocycles. The van der Waals surface area contributed by atoms with E-state index in [-0.39, 0.29) is 23.0 Å². The second-order valence-corrected chi connectivity index (χ2v) is 11.0. The number of methoxy groups -OCH3 is 1. The zero-order valence-electron chi connectivity index (χ0n) is 17.5. The van der Waals surface area contributed by atoms with E-state index in [9.17, 15) is 9.90 Å². The van der Waals surface area contributed by atoms with Gasteiger partial charge < -0.3 is 9.84 Å². The van der Waals surface area contributed by atoms with E-state index in [4.69, 9.17) is 4.74 Å². The summed E-state index contributed by atoms with van der Waals surface area (Å²) in [5.41, 5.74) is 0.471. The van der Waals surface area contributed by atoms with Gasteiger partial charge in [0.25, 0.3) is 0 Å². The Kier molecular flexibility index (Phi) is 3.90. The Bertz CT molecular complexity index is 650. The molecule has 1 spiro atoms. The average Bonchev–Trinajstić information content (AvgIpc) is 3.04. The first-order chi connectivity index (χ1) is 12.8. The van der Waals surface area contributed by atoms with Crippen molar-refractivity contribution >= 4 is 5.97 Å². The number of aliphatic hydroxyl groups excluding tert-OH is 1. The van der Waals surface area contributed by atoms with Gasteiger partial charge in [0, 0.05) is 19.0 Å². The lowest BCUT2D eigenvalue weighted by Gasteiger charge is -2.67. The molecule has 2 aliphatic carbocycles. The predicted molar refractivity (Wildman–Crippen MR) is 104 cm³/mol. The van der Waals surface area contributed by atoms with Crippen LogP contribution in [0.1, 0.15) is 72.1 Å². The van der Waals surface area contributed by atoms with Crippen LogP contribution in [0, 0.1) is 34.5 Å². The van der Waals surface area contributed by atoms with E-state index in [1.54, 1.807) is 0 Å². The average molecular weight is 376 g/mol. The molecule has 152 valence electrons. The van der Waals surface area contributed by atoms with Crippen LogP contribution in [-0.4, -0.2) is 47.3 Å². The molecule has 0 aromatic rings. The Labute approximate surface area is 164 Å². The Morgan fingerprint density at radius 3 is 2.70 bits per heavy atom. The molecular formula is C23H37NO3. The molecular weight excluding hydrogens is 338 g/mol. The van der Waals surface area contributed by atoms with Crippen molar-refractivity contribution in [2.45, 2.75) is 89.8 Å². The molecule has 9 atom stereocenters. The molecule has 4 heteroatoms. The van der Waals surface area contributed by atoms with E-state index >= 15 is 0 Å². The highest BCUT2D eigenvalue weighted by Crippen LogP contribution is 2.79. The highest BCUT2D eigenvalue weighted by atomic mass is 16.5. The quantitative estimate of drug-likeness (QED) is 0.763. The van der Waals surface area contributed by atoms with Crippen molar-refractivity contribution in [2.75, 3.05) is 13.7 Å². The van der Waals surface area contributed by atoms with Crippen molar-refractivity contribution in [3.8, 4) is 0 Å². The second-order valence-electron chi connectivity index (χ2n) is 11.0. The minimum Gasteiger partial charge on any atom is -0.469 e. The first-order valence-corrected chi connectivity index (χ1v) is 11.3. The molecule has 3 aliphatic heterocycles. The van der Waals surface area contributed by atoms with Gasteiger partial charge in [-0.2, -0.15) is 0 Å². The number of aliphatic hydroxyl groups is 1. The Hall–Kier alpha value is -0.610. The SMILES string of the molecule is COC(=O)CC[C@]12[C@@H]3[C@@H](C(C)C)CC[C@@]1(C)[C@@H]1CC[C@@]4([C@H](O)CC[C@H]42)N3C1. The van der Waals surface area contributed by atoms with Gasteiger partial charge in [0.2, 0.25) is 0 Å². The monoisotopic (exact) mass is 375 g/mol. The highest BCUT2D eigenvalue weighted by Gasteiger charge is 2.81. The highest BCUT2D eigenvalue weighted by molar-refractivity contribution is 5.69. The molecule has 5 bridgehead atoms. The van der Waals surface area contributed by atoms with Crippen molar-refractivity contribution in [2.24, 2.45) is 34.5 Å². The maximum Gasteiger partial charge on any atom is 0.305 e. The molecule has 5 fully saturated rings. The largest absolute Gasteiger partial charge is 0.469 e. The number of rotatable bonds is 4. The fourth-order valence-electron chi connectivity index (χ4n) is 9.42. The zero-order valence-corrected chi connectivity index (χ0v) is 17.5. The summed E-state index contributed by atoms with van der Waals surface area (Å²) in [6, 6.07) is 0.539. The van der Waals surface area contributed by atoms with Crippen molar-refractivity contribution in [3.05, 3.63) is 0 Å². The van der Waals surface area contributed by atoms with Gasteiger partial charge in [-0.05, 0) is 79.4 Å². The standard InChI is InChI=1S/C23H37NO3/c1-14(2)16-8-10-21(3)15-7-12-23-17(5-6-18(23)25)22(21,11-9-19(26)27-4)20(16)24(23)13-15/h14-18,20,25H,5-13H2,1-4H3/t15-,16-,17+,18-,20+,21+,22+,23-/m1/s1. The van der Waals surface area contributed by atoms with Crippen LogP contribution in [0.5, 0.6) is 0 Å². The summed E-state index contributed by atoms with van der Waals surface area (Å²) >= 11 is 0. The fourth-order valence-corrected chi connectivity index (χ4v) is 9.42. The van der Waals surface area contributed by atoms with Crippen molar-refractivity contribution < 1.29 is 14.6 Å². The number of esters is 1. The van der Waals surface area contributed by atoms with E-state index in [1.807, 2.05) is 0 Å². The maximum absolute atomic E-state index is 12.2. The second kappa shape index (κ2) is 5.72. The van der Waals surface area contributed by atoms with Crippen LogP contribution in [0.4, 0.5) is 0 Å². The van der Waals surface area contributed by atoms with Crippen molar-refractivity contribution in [3.63, 3.8) is 0 Å². The first kappa shape index (κ1) is 18.4. The Morgan fingerprint density at radius 2 is 2.00 bits per heavy atom. The van der Waals surface area contributed by atoms with Crippen LogP contribution in [0.15, 0.2) is 0 Å². The molecule has 0 amide bonds. The lowest BCUT2D eigenvalue weighted by atomic mass is 9.42. The normalized spacial score (nSPS) is 55.0. The number of piperidine rings is 2. The van der Waals surface area contributed by atoms with Crippen LogP contribution in [0.2, 0.25) is 0 Å². The third-order valence-electron chi connectivity index (χ3n) is 10.4. The lowest BCUT2D eigenvalue weighted by molar-refractivity contribution is -0.190.